The topological polar surface area (TPSA) is 154 Å². The molecule has 0 heterocycles. The number of guanidine groups is 2. The molecule has 0 rings (SSSR count). The molecule has 0 aliphatic heterocycles. The molecule has 8 heteroatoms. The monoisotopic (exact) mass is 184 g/mol. The van der Waals surface area contributed by atoms with Crippen LogP contribution in [0.1, 0.15) is 6.42 Å². The lowest BCUT2D eigenvalue weighted by Crippen LogP contribution is -2.21. The Bertz CT molecular complexity index is 215. The molecule has 0 aromatic carbocycles. The van der Waals surface area contributed by atoms with Gasteiger partial charge in [0.2, 0.25) is 11.9 Å². The largest absolute Gasteiger partial charge is 0.369 e. The quantitative estimate of drug-likeness (QED) is 0.224. The third-order valence-electron chi connectivity index (χ3n) is 0.721. The Kier molecular flexibility index (Phi) is 5.51. The van der Waals surface area contributed by atoms with Gasteiger partial charge >= 0.3 is 0 Å². The highest BCUT2D eigenvalue weighted by Crippen LogP contribution is 1.73. The van der Waals surface area contributed by atoms with Gasteiger partial charge in [0.05, 0.1) is 0 Å². The van der Waals surface area contributed by atoms with Gasteiger partial charge in [0.1, 0.15) is 0 Å². The summed E-state index contributed by atoms with van der Waals surface area (Å²) in [5.41, 5.74) is 20.0. The molecule has 0 aliphatic carbocycles. The Morgan fingerprint density at radius 3 is 1.54 bits per heavy atom. The summed E-state index contributed by atoms with van der Waals surface area (Å²) in [6.07, 6.45) is 3.34. The Balaban J connectivity index is 3.68. The van der Waals surface area contributed by atoms with Crippen molar-refractivity contribution >= 4 is 24.3 Å². The second-order valence-corrected chi connectivity index (χ2v) is 1.88. The maximum Gasteiger partial charge on any atom is 0.211 e. The molecular weight excluding hydrogens is 172 g/mol. The van der Waals surface area contributed by atoms with Crippen LogP contribution in [0.5, 0.6) is 0 Å². The molecule has 0 saturated heterocycles. The predicted molar refractivity (Wildman–Crippen MR) is 53.2 cm³/mol. The minimum absolute atomic E-state index is 0.0996. The van der Waals surface area contributed by atoms with Crippen molar-refractivity contribution in [1.82, 2.24) is 0 Å². The van der Waals surface area contributed by atoms with Gasteiger partial charge in [-0.1, -0.05) is 0 Å². The SMILES string of the molecule is NC(N)=N/N=C\C/C=N/N=C(N)N. The fraction of sp³-hybridized carbons (Fsp3) is 0.200. The van der Waals surface area contributed by atoms with E-state index in [0.717, 1.165) is 0 Å². The average Bonchev–Trinajstić information content (AvgIpc) is 2.01. The number of rotatable bonds is 4. The van der Waals surface area contributed by atoms with Crippen molar-refractivity contribution < 1.29 is 0 Å². The lowest BCUT2D eigenvalue weighted by Gasteiger charge is -1.83. The van der Waals surface area contributed by atoms with Crippen molar-refractivity contribution in [2.24, 2.45) is 43.3 Å². The summed E-state index contributed by atoms with van der Waals surface area (Å²) < 4.78 is 0. The maximum atomic E-state index is 5.00. The average molecular weight is 184 g/mol. The lowest BCUT2D eigenvalue weighted by molar-refractivity contribution is 1.19. The van der Waals surface area contributed by atoms with E-state index in [1.54, 1.807) is 0 Å². The van der Waals surface area contributed by atoms with Crippen LogP contribution >= 0.6 is 0 Å². The lowest BCUT2D eigenvalue weighted by atomic mass is 10.5. The normalized spacial score (nSPS) is 10.5. The first-order chi connectivity index (χ1) is 6.13. The fourth-order valence-electron chi connectivity index (χ4n) is 0.356. The van der Waals surface area contributed by atoms with Gasteiger partial charge in [-0.05, 0) is 0 Å². The molecule has 0 radical (unpaired) electrons. The summed E-state index contributed by atoms with van der Waals surface area (Å²) in [5, 5.41) is 13.7. The van der Waals surface area contributed by atoms with Gasteiger partial charge in [0, 0.05) is 18.9 Å². The van der Waals surface area contributed by atoms with Gasteiger partial charge in [-0.3, -0.25) is 0 Å². The van der Waals surface area contributed by atoms with Crippen molar-refractivity contribution in [3.8, 4) is 0 Å². The molecule has 0 amide bonds. The van der Waals surface area contributed by atoms with Crippen LogP contribution in [0.3, 0.4) is 0 Å². The van der Waals surface area contributed by atoms with E-state index in [9.17, 15) is 0 Å². The fourth-order valence-corrected chi connectivity index (χ4v) is 0.356. The minimum Gasteiger partial charge on any atom is -0.369 e. The van der Waals surface area contributed by atoms with Crippen molar-refractivity contribution in [3.05, 3.63) is 0 Å². The van der Waals surface area contributed by atoms with Gasteiger partial charge in [-0.25, -0.2) is 0 Å². The molecule has 0 aliphatic rings. The van der Waals surface area contributed by atoms with Crippen molar-refractivity contribution in [2.75, 3.05) is 0 Å². The Hall–Kier alpha value is -2.12. The van der Waals surface area contributed by atoms with E-state index in [4.69, 9.17) is 22.9 Å². The molecule has 72 valence electrons. The third-order valence-corrected chi connectivity index (χ3v) is 0.721. The van der Waals surface area contributed by atoms with Crippen molar-refractivity contribution in [3.63, 3.8) is 0 Å². The molecule has 0 bridgehead atoms. The van der Waals surface area contributed by atoms with Crippen LogP contribution in [-0.2, 0) is 0 Å². The van der Waals surface area contributed by atoms with Crippen LogP contribution in [-0.4, -0.2) is 24.3 Å². The number of hydrogen-bond acceptors (Lipinski definition) is 4. The van der Waals surface area contributed by atoms with Crippen LogP contribution in [0.4, 0.5) is 0 Å². The van der Waals surface area contributed by atoms with E-state index in [1.165, 1.54) is 12.4 Å². The first-order valence-corrected chi connectivity index (χ1v) is 3.33. The molecule has 0 saturated carbocycles. The van der Waals surface area contributed by atoms with Crippen LogP contribution in [0.2, 0.25) is 0 Å². The maximum absolute atomic E-state index is 5.00. The molecular formula is C5H12N8. The molecule has 0 atom stereocenters. The van der Waals surface area contributed by atoms with Gasteiger partial charge in [0.25, 0.3) is 0 Å². The highest BCUT2D eigenvalue weighted by atomic mass is 15.3. The Labute approximate surface area is 75.1 Å². The van der Waals surface area contributed by atoms with Crippen LogP contribution < -0.4 is 22.9 Å². The Morgan fingerprint density at radius 2 is 1.23 bits per heavy atom. The summed E-state index contributed by atoms with van der Waals surface area (Å²) in [7, 11) is 0. The molecule has 0 spiro atoms. The first kappa shape index (κ1) is 10.9. The molecule has 0 unspecified atom stereocenters. The number of nitrogens with two attached hydrogens (primary N) is 4. The second-order valence-electron chi connectivity index (χ2n) is 1.88. The molecule has 0 aromatic heterocycles. The zero-order chi connectivity index (χ0) is 10.1. The molecule has 8 nitrogen and oxygen atoms in total. The standard InChI is InChI=1S/C5H12N8/c6-4(7)12-10-2-1-3-11-13-5(8)9/h2-3H,1H2,(H4,6,7,12)(H4,8,9,13)/b10-2-,11-3+. The summed E-state index contributed by atoms with van der Waals surface area (Å²) in [6.45, 7) is 0. The van der Waals surface area contributed by atoms with E-state index in [1.807, 2.05) is 0 Å². The van der Waals surface area contributed by atoms with Gasteiger partial charge in [-0.15, -0.1) is 10.2 Å². The second kappa shape index (κ2) is 6.58. The Morgan fingerprint density at radius 1 is 0.846 bits per heavy atom. The van der Waals surface area contributed by atoms with Crippen molar-refractivity contribution in [1.29, 1.82) is 0 Å². The summed E-state index contributed by atoms with van der Waals surface area (Å²) in [6, 6.07) is 0. The summed E-state index contributed by atoms with van der Waals surface area (Å²) in [5.74, 6) is -0.199. The number of nitrogens with zero attached hydrogens (tertiary/aromatic N) is 4. The van der Waals surface area contributed by atoms with E-state index in [-0.39, 0.29) is 11.9 Å². The van der Waals surface area contributed by atoms with E-state index in [0.29, 0.717) is 6.42 Å². The minimum atomic E-state index is -0.0996. The van der Waals surface area contributed by atoms with Gasteiger partial charge < -0.3 is 22.9 Å². The first-order valence-electron chi connectivity index (χ1n) is 3.33. The molecule has 8 N–H and O–H groups in total. The van der Waals surface area contributed by atoms with E-state index in [2.05, 4.69) is 20.4 Å². The zero-order valence-corrected chi connectivity index (χ0v) is 6.96. The summed E-state index contributed by atoms with van der Waals surface area (Å²) in [4.78, 5) is 0. The van der Waals surface area contributed by atoms with Crippen LogP contribution in [0.15, 0.2) is 20.4 Å². The molecule has 0 aromatic rings. The highest BCUT2D eigenvalue weighted by molar-refractivity contribution is 5.81. The number of hydrogen-bond donors (Lipinski definition) is 4. The molecule has 0 fully saturated rings. The van der Waals surface area contributed by atoms with Gasteiger partial charge in [-0.2, -0.15) is 10.2 Å². The third kappa shape index (κ3) is 9.88. The summed E-state index contributed by atoms with van der Waals surface area (Å²) >= 11 is 0. The van der Waals surface area contributed by atoms with Crippen LogP contribution in [0, 0.1) is 0 Å². The van der Waals surface area contributed by atoms with Crippen molar-refractivity contribution in [2.45, 2.75) is 6.42 Å². The van der Waals surface area contributed by atoms with Crippen LogP contribution in [0.25, 0.3) is 0 Å². The van der Waals surface area contributed by atoms with E-state index >= 15 is 0 Å². The smallest absolute Gasteiger partial charge is 0.211 e. The van der Waals surface area contributed by atoms with Gasteiger partial charge in [0.15, 0.2) is 0 Å². The highest BCUT2D eigenvalue weighted by Gasteiger charge is 1.75. The molecule has 13 heavy (non-hydrogen) atoms. The van der Waals surface area contributed by atoms with E-state index < -0.39 is 0 Å². The zero-order valence-electron chi connectivity index (χ0n) is 6.96. The predicted octanol–water partition coefficient (Wildman–Crippen LogP) is -2.11.